The molecule has 1 atom stereocenters. The molecule has 0 aromatic heterocycles. The SMILES string of the molecule is Cc1ccc(S(=O)(=O)N[C@H](CC(C)C)C(=O)N/N=C\c2ccccc2OS(=O)(=O)c2cccc([N+](=O)[O-])c2)cc1. The molecular formula is C26H28N4O8S2. The van der Waals surface area contributed by atoms with Gasteiger partial charge in [0.2, 0.25) is 10.0 Å². The number of nitro benzene ring substituents is 1. The summed E-state index contributed by atoms with van der Waals surface area (Å²) in [5.74, 6) is -0.900. The first-order chi connectivity index (χ1) is 18.8. The highest BCUT2D eigenvalue weighted by Gasteiger charge is 2.26. The van der Waals surface area contributed by atoms with E-state index in [1.54, 1.807) is 18.2 Å². The van der Waals surface area contributed by atoms with E-state index in [2.05, 4.69) is 15.2 Å². The quantitative estimate of drug-likeness (QED) is 0.140. The number of benzene rings is 3. The molecule has 0 radical (unpaired) electrons. The fraction of sp³-hybridized carbons (Fsp3) is 0.231. The Morgan fingerprint density at radius 3 is 2.33 bits per heavy atom. The normalized spacial score (nSPS) is 12.8. The van der Waals surface area contributed by atoms with Gasteiger partial charge in [0, 0.05) is 17.7 Å². The average Bonchev–Trinajstić information content (AvgIpc) is 2.89. The number of carbonyl (C=O) groups is 1. The van der Waals surface area contributed by atoms with Crippen molar-refractivity contribution >= 4 is 38.0 Å². The van der Waals surface area contributed by atoms with Crippen LogP contribution in [0, 0.1) is 23.0 Å². The number of hydrogen-bond acceptors (Lipinski definition) is 9. The Labute approximate surface area is 232 Å². The number of nitrogens with zero attached hydrogens (tertiary/aromatic N) is 2. The van der Waals surface area contributed by atoms with Crippen LogP contribution in [-0.4, -0.2) is 39.9 Å². The summed E-state index contributed by atoms with van der Waals surface area (Å²) >= 11 is 0. The van der Waals surface area contributed by atoms with Gasteiger partial charge >= 0.3 is 10.1 Å². The van der Waals surface area contributed by atoms with Crippen molar-refractivity contribution in [2.75, 3.05) is 0 Å². The smallest absolute Gasteiger partial charge is 0.339 e. The summed E-state index contributed by atoms with van der Waals surface area (Å²) in [5, 5.41) is 14.9. The Hall–Kier alpha value is -4.14. The lowest BCUT2D eigenvalue weighted by atomic mass is 10.0. The third-order valence-corrected chi connectivity index (χ3v) is 8.18. The molecule has 0 aliphatic heterocycles. The number of nitrogens with one attached hydrogen (secondary N) is 2. The molecule has 0 saturated carbocycles. The first-order valence-corrected chi connectivity index (χ1v) is 14.9. The van der Waals surface area contributed by atoms with Crippen LogP contribution in [0.15, 0.2) is 87.7 Å². The van der Waals surface area contributed by atoms with E-state index >= 15 is 0 Å². The molecule has 0 heterocycles. The van der Waals surface area contributed by atoms with Gasteiger partial charge in [-0.3, -0.25) is 14.9 Å². The van der Waals surface area contributed by atoms with E-state index in [9.17, 15) is 31.7 Å². The fourth-order valence-corrected chi connectivity index (χ4v) is 5.68. The highest BCUT2D eigenvalue weighted by atomic mass is 32.2. The van der Waals surface area contributed by atoms with Gasteiger partial charge in [0.05, 0.1) is 16.0 Å². The summed E-state index contributed by atoms with van der Waals surface area (Å²) in [4.78, 5) is 22.8. The number of para-hydroxylation sites is 1. The van der Waals surface area contributed by atoms with Gasteiger partial charge in [0.15, 0.2) is 5.75 Å². The van der Waals surface area contributed by atoms with Crippen LogP contribution < -0.4 is 14.3 Å². The molecule has 3 aromatic carbocycles. The second kappa shape index (κ2) is 12.8. The number of carbonyl (C=O) groups excluding carboxylic acids is 1. The fourth-order valence-electron chi connectivity index (χ4n) is 3.48. The van der Waals surface area contributed by atoms with Crippen molar-refractivity contribution in [3.8, 4) is 5.75 Å². The third kappa shape index (κ3) is 8.18. The monoisotopic (exact) mass is 588 g/mol. The Balaban J connectivity index is 1.77. The number of rotatable bonds is 12. The van der Waals surface area contributed by atoms with Crippen LogP contribution in [0.2, 0.25) is 0 Å². The molecule has 0 unspecified atom stereocenters. The second-order valence-corrected chi connectivity index (χ2v) is 12.4. The number of aryl methyl sites for hydroxylation is 1. The molecule has 0 spiro atoms. The molecular weight excluding hydrogens is 560 g/mol. The van der Waals surface area contributed by atoms with Crippen LogP contribution in [0.3, 0.4) is 0 Å². The van der Waals surface area contributed by atoms with Crippen LogP contribution in [0.4, 0.5) is 5.69 Å². The largest absolute Gasteiger partial charge is 0.378 e. The molecule has 2 N–H and O–H groups in total. The molecule has 12 nitrogen and oxygen atoms in total. The van der Waals surface area contributed by atoms with Crippen LogP contribution in [0.5, 0.6) is 5.75 Å². The molecule has 14 heteroatoms. The summed E-state index contributed by atoms with van der Waals surface area (Å²) in [5.41, 5.74) is 2.91. The van der Waals surface area contributed by atoms with Gasteiger partial charge in [-0.05, 0) is 49.6 Å². The summed E-state index contributed by atoms with van der Waals surface area (Å²) in [7, 11) is -8.44. The third-order valence-electron chi connectivity index (χ3n) is 5.47. The van der Waals surface area contributed by atoms with Gasteiger partial charge in [-0.15, -0.1) is 0 Å². The van der Waals surface area contributed by atoms with E-state index in [0.717, 1.165) is 30.0 Å². The Kier molecular flexibility index (Phi) is 9.74. The molecule has 0 saturated heterocycles. The highest BCUT2D eigenvalue weighted by molar-refractivity contribution is 7.89. The number of nitro groups is 1. The predicted octanol–water partition coefficient (Wildman–Crippen LogP) is 3.51. The summed E-state index contributed by atoms with van der Waals surface area (Å²) in [6, 6.07) is 15.3. The first-order valence-electron chi connectivity index (χ1n) is 12.0. The minimum atomic E-state index is -4.44. The molecule has 0 fully saturated rings. The van der Waals surface area contributed by atoms with Crippen molar-refractivity contribution < 1.29 is 30.7 Å². The predicted molar refractivity (Wildman–Crippen MR) is 148 cm³/mol. The van der Waals surface area contributed by atoms with Crippen molar-refractivity contribution in [3.05, 3.63) is 94.0 Å². The van der Waals surface area contributed by atoms with Gasteiger partial charge in [0.1, 0.15) is 10.9 Å². The van der Waals surface area contributed by atoms with Crippen LogP contribution >= 0.6 is 0 Å². The van der Waals surface area contributed by atoms with Gasteiger partial charge < -0.3 is 4.18 Å². The second-order valence-electron chi connectivity index (χ2n) is 9.18. The lowest BCUT2D eigenvalue weighted by Crippen LogP contribution is -2.46. The van der Waals surface area contributed by atoms with Crippen molar-refractivity contribution in [2.45, 2.75) is 43.0 Å². The van der Waals surface area contributed by atoms with E-state index in [1.807, 2.05) is 20.8 Å². The number of hydrazone groups is 1. The van der Waals surface area contributed by atoms with Crippen LogP contribution in [0.25, 0.3) is 0 Å². The molecule has 3 aromatic rings. The summed E-state index contributed by atoms with van der Waals surface area (Å²) < 4.78 is 58.8. The van der Waals surface area contributed by atoms with Crippen molar-refractivity contribution in [1.29, 1.82) is 0 Å². The minimum Gasteiger partial charge on any atom is -0.378 e. The van der Waals surface area contributed by atoms with Gasteiger partial charge in [0.25, 0.3) is 11.6 Å². The van der Waals surface area contributed by atoms with Gasteiger partial charge in [-0.25, -0.2) is 13.8 Å². The van der Waals surface area contributed by atoms with Crippen LogP contribution in [-0.2, 0) is 24.9 Å². The Morgan fingerprint density at radius 1 is 1.00 bits per heavy atom. The number of non-ortho nitro benzene ring substituents is 1. The first kappa shape index (κ1) is 30.4. The van der Waals surface area contributed by atoms with E-state index < -0.39 is 47.6 Å². The molecule has 3 rings (SSSR count). The maximum atomic E-state index is 12.9. The Bertz CT molecular complexity index is 1620. The molecule has 212 valence electrons. The van der Waals surface area contributed by atoms with Crippen molar-refractivity contribution in [2.24, 2.45) is 11.0 Å². The number of hydrogen-bond donors (Lipinski definition) is 2. The van der Waals surface area contributed by atoms with E-state index in [-0.39, 0.29) is 28.5 Å². The zero-order valence-electron chi connectivity index (χ0n) is 21.8. The topological polar surface area (TPSA) is 174 Å². The Morgan fingerprint density at radius 2 is 1.68 bits per heavy atom. The zero-order valence-corrected chi connectivity index (χ0v) is 23.5. The molecule has 0 aliphatic carbocycles. The molecule has 40 heavy (non-hydrogen) atoms. The molecule has 0 bridgehead atoms. The lowest BCUT2D eigenvalue weighted by molar-refractivity contribution is -0.385. The highest BCUT2D eigenvalue weighted by Crippen LogP contribution is 2.24. The van der Waals surface area contributed by atoms with Gasteiger partial charge in [-0.1, -0.05) is 49.7 Å². The van der Waals surface area contributed by atoms with E-state index in [1.165, 1.54) is 36.4 Å². The summed E-state index contributed by atoms with van der Waals surface area (Å²) in [6.07, 6.45) is 1.32. The zero-order chi connectivity index (χ0) is 29.5. The molecule has 0 aliphatic rings. The maximum Gasteiger partial charge on any atom is 0.339 e. The van der Waals surface area contributed by atoms with Crippen molar-refractivity contribution in [1.82, 2.24) is 10.1 Å². The maximum absolute atomic E-state index is 12.9. The molecule has 1 amide bonds. The van der Waals surface area contributed by atoms with Crippen molar-refractivity contribution in [3.63, 3.8) is 0 Å². The average molecular weight is 589 g/mol. The standard InChI is InChI=1S/C26H28N4O8S2/c1-18(2)15-24(29-39(34,35)22-13-11-19(3)12-14-22)26(31)28-27-17-20-7-4-5-10-25(20)38-40(36,37)23-9-6-8-21(16-23)30(32)33/h4-14,16-18,24,29H,15H2,1-3H3,(H,28,31)/b27-17-/t24-/m1/s1. The van der Waals surface area contributed by atoms with E-state index in [4.69, 9.17) is 4.18 Å². The lowest BCUT2D eigenvalue weighted by Gasteiger charge is -2.19. The summed E-state index contributed by atoms with van der Waals surface area (Å²) in [6.45, 7) is 5.49. The number of sulfonamides is 1. The van der Waals surface area contributed by atoms with Gasteiger partial charge in [-0.2, -0.15) is 18.2 Å². The van der Waals surface area contributed by atoms with E-state index in [0.29, 0.717) is 0 Å². The number of amides is 1. The van der Waals surface area contributed by atoms with Crippen LogP contribution in [0.1, 0.15) is 31.4 Å². The minimum absolute atomic E-state index is 0.0131.